The van der Waals surface area contributed by atoms with Crippen LogP contribution in [0.4, 0.5) is 0 Å². The van der Waals surface area contributed by atoms with Gasteiger partial charge in [0.25, 0.3) is 0 Å². The molecule has 2 aromatic heterocycles. The van der Waals surface area contributed by atoms with Gasteiger partial charge in [-0.1, -0.05) is 6.92 Å². The molecule has 0 radical (unpaired) electrons. The number of ketones is 2. The molecule has 0 bridgehead atoms. The highest BCUT2D eigenvalue weighted by Crippen LogP contribution is 2.36. The van der Waals surface area contributed by atoms with E-state index in [0.29, 0.717) is 11.3 Å². The van der Waals surface area contributed by atoms with Crippen molar-refractivity contribution in [2.24, 2.45) is 0 Å². The van der Waals surface area contributed by atoms with Crippen molar-refractivity contribution < 1.29 is 19.1 Å². The van der Waals surface area contributed by atoms with Crippen LogP contribution in [0.3, 0.4) is 0 Å². The van der Waals surface area contributed by atoms with Gasteiger partial charge < -0.3 is 9.47 Å². The van der Waals surface area contributed by atoms with Crippen LogP contribution < -0.4 is 9.47 Å². The average molecular weight is 520 g/mol. The minimum Gasteiger partial charge on any atom is -0.496 e. The van der Waals surface area contributed by atoms with Crippen LogP contribution in [0, 0.1) is 11.3 Å². The molecule has 4 rings (SSSR count). The number of ether oxygens (including phenoxy) is 2. The van der Waals surface area contributed by atoms with Crippen molar-refractivity contribution in [3.63, 3.8) is 0 Å². The van der Waals surface area contributed by atoms with Crippen molar-refractivity contribution in [1.29, 1.82) is 5.26 Å². The fourth-order valence-corrected chi connectivity index (χ4v) is 6.47. The zero-order valence-electron chi connectivity index (χ0n) is 20.8. The number of carbonyl (C=O) groups excluding carboxylic acids is 2. The summed E-state index contributed by atoms with van der Waals surface area (Å²) >= 11 is 2.98. The lowest BCUT2D eigenvalue weighted by Gasteiger charge is -2.11. The zero-order valence-corrected chi connectivity index (χ0v) is 22.4. The van der Waals surface area contributed by atoms with Gasteiger partial charge in [-0.2, -0.15) is 5.26 Å². The summed E-state index contributed by atoms with van der Waals surface area (Å²) in [5.41, 5.74) is 2.22. The standard InChI is InChI=1S/C29H29NO4S2/c1-4-7-22(31)28-14-20-12-18(24(33-2)16-26(20)35-28)8-5-9-19-13-21-15-29(23(32)10-6-11-30)36-27(21)17-25(19)34-3/h12-17H,4-10H2,1-3H3. The summed E-state index contributed by atoms with van der Waals surface area (Å²) in [6.07, 6.45) is 4.45. The summed E-state index contributed by atoms with van der Waals surface area (Å²) in [5.74, 6) is 1.87. The van der Waals surface area contributed by atoms with Crippen molar-refractivity contribution in [3.8, 4) is 17.6 Å². The number of fused-ring (bicyclic) bond motifs is 2. The van der Waals surface area contributed by atoms with Gasteiger partial charge in [0, 0.05) is 28.7 Å². The van der Waals surface area contributed by atoms with Gasteiger partial charge in [-0.3, -0.25) is 9.59 Å². The molecule has 186 valence electrons. The quantitative estimate of drug-likeness (QED) is 0.179. The van der Waals surface area contributed by atoms with Crippen LogP contribution in [0.25, 0.3) is 20.2 Å². The highest BCUT2D eigenvalue weighted by atomic mass is 32.1. The van der Waals surface area contributed by atoms with Crippen molar-refractivity contribution in [2.75, 3.05) is 14.2 Å². The molecule has 0 atom stereocenters. The smallest absolute Gasteiger partial charge is 0.173 e. The highest BCUT2D eigenvalue weighted by molar-refractivity contribution is 7.21. The number of benzene rings is 2. The number of hydrogen-bond donors (Lipinski definition) is 0. The molecular formula is C29H29NO4S2. The second-order valence-electron chi connectivity index (χ2n) is 8.73. The Morgan fingerprint density at radius 3 is 1.75 bits per heavy atom. The number of aryl methyl sites for hydroxylation is 2. The molecule has 0 N–H and O–H groups in total. The van der Waals surface area contributed by atoms with E-state index < -0.39 is 0 Å². The van der Waals surface area contributed by atoms with E-state index in [9.17, 15) is 9.59 Å². The number of thiophene rings is 2. The number of Topliss-reactive ketones (excluding diaryl/α,β-unsaturated/α-hetero) is 2. The van der Waals surface area contributed by atoms with Gasteiger partial charge in [0.15, 0.2) is 11.6 Å². The third kappa shape index (κ3) is 5.61. The monoisotopic (exact) mass is 519 g/mol. The van der Waals surface area contributed by atoms with Gasteiger partial charge in [-0.05, 0) is 84.0 Å². The molecule has 2 heterocycles. The Morgan fingerprint density at radius 2 is 1.31 bits per heavy atom. The van der Waals surface area contributed by atoms with Crippen LogP contribution in [-0.2, 0) is 12.8 Å². The summed E-state index contributed by atoms with van der Waals surface area (Å²) in [6.45, 7) is 2.02. The Morgan fingerprint density at radius 1 is 0.806 bits per heavy atom. The number of methoxy groups -OCH3 is 2. The summed E-state index contributed by atoms with van der Waals surface area (Å²) in [7, 11) is 3.35. The van der Waals surface area contributed by atoms with Crippen molar-refractivity contribution in [1.82, 2.24) is 0 Å². The first-order valence-electron chi connectivity index (χ1n) is 12.1. The van der Waals surface area contributed by atoms with Crippen LogP contribution in [-0.4, -0.2) is 25.8 Å². The minimum atomic E-state index is 0.00809. The van der Waals surface area contributed by atoms with Crippen molar-refractivity contribution in [2.45, 2.75) is 51.9 Å². The van der Waals surface area contributed by atoms with E-state index in [2.05, 4.69) is 12.1 Å². The fourth-order valence-electron chi connectivity index (χ4n) is 4.39. The van der Waals surface area contributed by atoms with E-state index >= 15 is 0 Å². The number of nitriles is 1. The normalized spacial score (nSPS) is 11.1. The molecule has 0 spiro atoms. The van der Waals surface area contributed by atoms with Crippen molar-refractivity contribution >= 4 is 54.4 Å². The lowest BCUT2D eigenvalue weighted by molar-refractivity contribution is 0.0978. The molecular weight excluding hydrogens is 490 g/mol. The molecule has 0 aliphatic rings. The maximum absolute atomic E-state index is 12.4. The molecule has 2 aromatic carbocycles. The molecule has 7 heteroatoms. The van der Waals surface area contributed by atoms with Gasteiger partial charge in [0.2, 0.25) is 0 Å². The molecule has 36 heavy (non-hydrogen) atoms. The SMILES string of the molecule is CCCC(=O)c1cc2cc(CCCc3cc4cc(C(=O)CCC#N)sc4cc3OC)c(OC)cc2s1. The predicted octanol–water partition coefficient (Wildman–Crippen LogP) is 7.78. The van der Waals surface area contributed by atoms with Gasteiger partial charge in [0.05, 0.1) is 30.0 Å². The molecule has 0 fully saturated rings. The molecule has 4 aromatic rings. The van der Waals surface area contributed by atoms with E-state index in [1.54, 1.807) is 14.2 Å². The van der Waals surface area contributed by atoms with Gasteiger partial charge in [-0.25, -0.2) is 0 Å². The van der Waals surface area contributed by atoms with Crippen molar-refractivity contribution in [3.05, 3.63) is 57.3 Å². The van der Waals surface area contributed by atoms with E-state index in [1.807, 2.05) is 37.3 Å². The molecule has 0 saturated carbocycles. The number of rotatable bonds is 12. The largest absolute Gasteiger partial charge is 0.496 e. The minimum absolute atomic E-state index is 0.00809. The first-order valence-corrected chi connectivity index (χ1v) is 13.7. The molecule has 0 unspecified atom stereocenters. The topological polar surface area (TPSA) is 76.4 Å². The van der Waals surface area contributed by atoms with E-state index in [-0.39, 0.29) is 24.4 Å². The summed E-state index contributed by atoms with van der Waals surface area (Å²) in [6, 6.07) is 14.3. The molecule has 0 saturated heterocycles. The first kappa shape index (κ1) is 25.9. The average Bonchev–Trinajstić information content (AvgIpc) is 3.49. The van der Waals surface area contributed by atoms with Gasteiger partial charge in [-0.15, -0.1) is 22.7 Å². The van der Waals surface area contributed by atoms with Gasteiger partial charge in [0.1, 0.15) is 11.5 Å². The third-order valence-electron chi connectivity index (χ3n) is 6.22. The van der Waals surface area contributed by atoms with E-state index in [0.717, 1.165) is 73.4 Å². The van der Waals surface area contributed by atoms with Crippen LogP contribution >= 0.6 is 22.7 Å². The Labute approximate surface area is 219 Å². The number of carbonyl (C=O) groups is 2. The van der Waals surface area contributed by atoms with E-state index in [1.165, 1.54) is 22.7 Å². The van der Waals surface area contributed by atoms with Crippen LogP contribution in [0.1, 0.15) is 69.5 Å². The Bertz CT molecular complexity index is 1460. The third-order valence-corrected chi connectivity index (χ3v) is 8.50. The second-order valence-corrected chi connectivity index (χ2v) is 10.9. The summed E-state index contributed by atoms with van der Waals surface area (Å²) in [5, 5.41) is 10.9. The maximum atomic E-state index is 12.4. The second kappa shape index (κ2) is 11.7. The lowest BCUT2D eigenvalue weighted by Crippen LogP contribution is -1.96. The lowest BCUT2D eigenvalue weighted by atomic mass is 10.0. The predicted molar refractivity (Wildman–Crippen MR) is 147 cm³/mol. The first-order chi connectivity index (χ1) is 17.5. The Hall–Kier alpha value is -3.21. The Kier molecular flexibility index (Phi) is 8.40. The summed E-state index contributed by atoms with van der Waals surface area (Å²) in [4.78, 5) is 26.2. The van der Waals surface area contributed by atoms with Crippen LogP contribution in [0.2, 0.25) is 0 Å². The number of hydrogen-bond acceptors (Lipinski definition) is 7. The fraction of sp³-hybridized carbons (Fsp3) is 0.345. The zero-order chi connectivity index (χ0) is 25.7. The van der Waals surface area contributed by atoms with E-state index in [4.69, 9.17) is 14.7 Å². The molecule has 0 amide bonds. The maximum Gasteiger partial charge on any atom is 0.173 e. The molecule has 0 aliphatic heterocycles. The number of nitrogens with zero attached hydrogens (tertiary/aromatic N) is 1. The summed E-state index contributed by atoms with van der Waals surface area (Å²) < 4.78 is 13.4. The Balaban J connectivity index is 1.52. The highest BCUT2D eigenvalue weighted by Gasteiger charge is 2.15. The van der Waals surface area contributed by atoms with Crippen LogP contribution in [0.5, 0.6) is 11.5 Å². The molecule has 0 aliphatic carbocycles. The molecule has 5 nitrogen and oxygen atoms in total. The van der Waals surface area contributed by atoms with Crippen LogP contribution in [0.15, 0.2) is 36.4 Å². The van der Waals surface area contributed by atoms with Gasteiger partial charge >= 0.3 is 0 Å².